The first-order valence-corrected chi connectivity index (χ1v) is 10.6. The van der Waals surface area contributed by atoms with E-state index < -0.39 is 0 Å². The average molecular weight is 511 g/mol. The fourth-order valence-corrected chi connectivity index (χ4v) is 3.74. The van der Waals surface area contributed by atoms with Gasteiger partial charge in [0.15, 0.2) is 5.96 Å². The van der Waals surface area contributed by atoms with Gasteiger partial charge in [0.2, 0.25) is 5.91 Å². The van der Waals surface area contributed by atoms with Crippen molar-refractivity contribution in [1.29, 1.82) is 0 Å². The molecule has 1 heterocycles. The molecule has 0 bridgehead atoms. The highest BCUT2D eigenvalue weighted by atomic mass is 127. The van der Waals surface area contributed by atoms with E-state index in [9.17, 15) is 4.79 Å². The van der Waals surface area contributed by atoms with Crippen molar-refractivity contribution in [1.82, 2.24) is 20.4 Å². The van der Waals surface area contributed by atoms with E-state index in [-0.39, 0.29) is 35.8 Å². The minimum Gasteiger partial charge on any atom is -0.369 e. The third-order valence-corrected chi connectivity index (χ3v) is 5.40. The maximum Gasteiger partial charge on any atom is 0.220 e. The van der Waals surface area contributed by atoms with E-state index >= 15 is 0 Å². The Morgan fingerprint density at radius 2 is 1.68 bits per heavy atom. The summed E-state index contributed by atoms with van der Waals surface area (Å²) in [6.45, 7) is 14.9. The highest BCUT2D eigenvalue weighted by Gasteiger charge is 2.22. The van der Waals surface area contributed by atoms with Crippen LogP contribution in [-0.2, 0) is 4.79 Å². The first-order valence-electron chi connectivity index (χ1n) is 10.6. The molecule has 0 atom stereocenters. The molecule has 1 aliphatic rings. The largest absolute Gasteiger partial charge is 0.369 e. The van der Waals surface area contributed by atoms with Gasteiger partial charge in [-0.3, -0.25) is 14.7 Å². The maximum absolute atomic E-state index is 11.2. The number of nitrogens with one attached hydrogen (secondary N) is 2. The third kappa shape index (κ3) is 10.8. The topological polar surface area (TPSA) is 86.0 Å². The van der Waals surface area contributed by atoms with Crippen molar-refractivity contribution >= 4 is 35.8 Å². The Kier molecular flexibility index (Phi) is 14.9. The first-order chi connectivity index (χ1) is 12.8. The van der Waals surface area contributed by atoms with Crippen LogP contribution in [0.2, 0.25) is 0 Å². The molecule has 0 aromatic rings. The van der Waals surface area contributed by atoms with Crippen molar-refractivity contribution < 1.29 is 4.79 Å². The molecule has 0 spiro atoms. The second-order valence-electron chi connectivity index (χ2n) is 8.08. The smallest absolute Gasteiger partial charge is 0.220 e. The SMILES string of the molecule is CN=C(NCCCCN1CCC(C(N)=O)CC1)NCCN(C(C)C)C(C)C.I. The van der Waals surface area contributed by atoms with Crippen LogP contribution in [0.25, 0.3) is 0 Å². The van der Waals surface area contributed by atoms with E-state index in [0.717, 1.165) is 70.9 Å². The number of carbonyl (C=O) groups is 1. The van der Waals surface area contributed by atoms with Crippen molar-refractivity contribution in [3.05, 3.63) is 0 Å². The number of likely N-dealkylation sites (tertiary alicyclic amines) is 1. The summed E-state index contributed by atoms with van der Waals surface area (Å²) in [5.74, 6) is 0.826. The Bertz CT molecular complexity index is 442. The maximum atomic E-state index is 11.2. The molecular weight excluding hydrogens is 467 g/mol. The number of nitrogens with two attached hydrogens (primary N) is 1. The predicted molar refractivity (Wildman–Crippen MR) is 129 cm³/mol. The van der Waals surface area contributed by atoms with Gasteiger partial charge in [0, 0.05) is 44.7 Å². The van der Waals surface area contributed by atoms with Crippen LogP contribution < -0.4 is 16.4 Å². The Balaban J connectivity index is 0.00000729. The van der Waals surface area contributed by atoms with Gasteiger partial charge < -0.3 is 21.3 Å². The van der Waals surface area contributed by atoms with Crippen LogP contribution in [-0.4, -0.2) is 80.1 Å². The molecule has 1 saturated heterocycles. The zero-order chi connectivity index (χ0) is 20.2. The van der Waals surface area contributed by atoms with Crippen LogP contribution in [0, 0.1) is 5.92 Å². The monoisotopic (exact) mass is 510 g/mol. The molecule has 0 radical (unpaired) electrons. The van der Waals surface area contributed by atoms with E-state index in [1.54, 1.807) is 0 Å². The predicted octanol–water partition coefficient (Wildman–Crippen LogP) is 1.87. The number of piperidine rings is 1. The highest BCUT2D eigenvalue weighted by Crippen LogP contribution is 2.16. The van der Waals surface area contributed by atoms with Crippen molar-refractivity contribution in [2.24, 2.45) is 16.6 Å². The summed E-state index contributed by atoms with van der Waals surface area (Å²) >= 11 is 0. The lowest BCUT2D eigenvalue weighted by Crippen LogP contribution is -2.45. The first kappa shape index (κ1) is 27.4. The zero-order valence-corrected chi connectivity index (χ0v) is 20.9. The minimum atomic E-state index is -0.136. The molecule has 7 nitrogen and oxygen atoms in total. The Labute approximate surface area is 189 Å². The quantitative estimate of drug-likeness (QED) is 0.171. The van der Waals surface area contributed by atoms with Crippen molar-refractivity contribution in [3.63, 3.8) is 0 Å². The molecule has 28 heavy (non-hydrogen) atoms. The molecular formula is C20H43IN6O. The lowest BCUT2D eigenvalue weighted by atomic mass is 9.96. The number of hydrogen-bond acceptors (Lipinski definition) is 4. The standard InChI is InChI=1S/C20H42N6O.HI/c1-16(2)26(17(3)4)15-11-24-20(22-5)23-10-6-7-12-25-13-8-18(9-14-25)19(21)27;/h16-18H,6-15H2,1-5H3,(H2,21,27)(H2,22,23,24);1H. The summed E-state index contributed by atoms with van der Waals surface area (Å²) < 4.78 is 0. The number of primary amides is 1. The number of rotatable bonds is 11. The second kappa shape index (κ2) is 15.3. The van der Waals surface area contributed by atoms with E-state index in [4.69, 9.17) is 5.73 Å². The summed E-state index contributed by atoms with van der Waals surface area (Å²) in [4.78, 5) is 20.4. The van der Waals surface area contributed by atoms with Gasteiger partial charge in [-0.1, -0.05) is 0 Å². The molecule has 1 fully saturated rings. The van der Waals surface area contributed by atoms with E-state index in [0.29, 0.717) is 12.1 Å². The fraction of sp³-hybridized carbons (Fsp3) is 0.900. The van der Waals surface area contributed by atoms with Gasteiger partial charge >= 0.3 is 0 Å². The number of aliphatic imine (C=N–C) groups is 1. The van der Waals surface area contributed by atoms with Crippen LogP contribution >= 0.6 is 24.0 Å². The number of halogens is 1. The van der Waals surface area contributed by atoms with E-state index in [1.165, 1.54) is 0 Å². The Morgan fingerprint density at radius 3 is 2.18 bits per heavy atom. The molecule has 1 aliphatic heterocycles. The van der Waals surface area contributed by atoms with Gasteiger partial charge in [0.25, 0.3) is 0 Å². The zero-order valence-electron chi connectivity index (χ0n) is 18.5. The number of guanidine groups is 1. The molecule has 1 amide bonds. The van der Waals surface area contributed by atoms with Gasteiger partial charge in [0.1, 0.15) is 0 Å². The second-order valence-corrected chi connectivity index (χ2v) is 8.08. The molecule has 0 unspecified atom stereocenters. The summed E-state index contributed by atoms with van der Waals surface area (Å²) in [7, 11) is 1.82. The molecule has 0 saturated carbocycles. The fourth-order valence-electron chi connectivity index (χ4n) is 3.74. The summed E-state index contributed by atoms with van der Waals surface area (Å²) in [5.41, 5.74) is 5.39. The number of hydrogen-bond donors (Lipinski definition) is 3. The molecule has 8 heteroatoms. The Hall–Kier alpha value is -0.610. The van der Waals surface area contributed by atoms with E-state index in [1.807, 2.05) is 7.05 Å². The number of nitrogens with zero attached hydrogens (tertiary/aromatic N) is 3. The van der Waals surface area contributed by atoms with Gasteiger partial charge in [-0.15, -0.1) is 24.0 Å². The number of unbranched alkanes of at least 4 members (excludes halogenated alkanes) is 1. The number of carbonyl (C=O) groups excluding carboxylic acids is 1. The van der Waals surface area contributed by atoms with Crippen LogP contribution in [0.5, 0.6) is 0 Å². The molecule has 0 aromatic heterocycles. The number of amides is 1. The molecule has 1 rings (SSSR count). The lowest BCUT2D eigenvalue weighted by molar-refractivity contribution is -0.123. The molecule has 0 aromatic carbocycles. The average Bonchev–Trinajstić information content (AvgIpc) is 2.62. The molecule has 166 valence electrons. The lowest BCUT2D eigenvalue weighted by Gasteiger charge is -2.30. The molecule has 0 aliphatic carbocycles. The van der Waals surface area contributed by atoms with E-state index in [2.05, 4.69) is 53.1 Å². The Morgan fingerprint density at radius 1 is 1.11 bits per heavy atom. The normalized spacial score (nSPS) is 16.5. The highest BCUT2D eigenvalue weighted by molar-refractivity contribution is 14.0. The minimum absolute atomic E-state index is 0. The van der Waals surface area contributed by atoms with Crippen molar-refractivity contribution in [2.45, 2.75) is 65.5 Å². The van der Waals surface area contributed by atoms with Crippen molar-refractivity contribution in [3.8, 4) is 0 Å². The van der Waals surface area contributed by atoms with Crippen LogP contribution in [0.1, 0.15) is 53.4 Å². The van der Waals surface area contributed by atoms with Gasteiger partial charge in [-0.25, -0.2) is 0 Å². The van der Waals surface area contributed by atoms with Crippen LogP contribution in [0.4, 0.5) is 0 Å². The summed E-state index contributed by atoms with van der Waals surface area (Å²) in [6.07, 6.45) is 4.09. The summed E-state index contributed by atoms with van der Waals surface area (Å²) in [5, 5.41) is 6.81. The summed E-state index contributed by atoms with van der Waals surface area (Å²) in [6, 6.07) is 1.10. The van der Waals surface area contributed by atoms with Gasteiger partial charge in [-0.05, 0) is 73.0 Å². The molecule has 4 N–H and O–H groups in total. The van der Waals surface area contributed by atoms with Crippen LogP contribution in [0.15, 0.2) is 4.99 Å². The van der Waals surface area contributed by atoms with Crippen LogP contribution in [0.3, 0.4) is 0 Å². The van der Waals surface area contributed by atoms with Crippen molar-refractivity contribution in [2.75, 3.05) is 46.3 Å². The third-order valence-electron chi connectivity index (χ3n) is 5.40. The van der Waals surface area contributed by atoms with Gasteiger partial charge in [-0.2, -0.15) is 0 Å². The van der Waals surface area contributed by atoms with Gasteiger partial charge in [0.05, 0.1) is 0 Å².